The van der Waals surface area contributed by atoms with Gasteiger partial charge >= 0.3 is 0 Å². The van der Waals surface area contributed by atoms with Crippen LogP contribution >= 0.6 is 27.5 Å². The fraction of sp³-hybridized carbons (Fsp3) is 0.125. The fourth-order valence-corrected chi connectivity index (χ4v) is 2.85. The van der Waals surface area contributed by atoms with E-state index in [0.717, 1.165) is 0 Å². The van der Waals surface area contributed by atoms with Crippen LogP contribution in [-0.4, -0.2) is 21.4 Å². The number of hydrogen-bond acceptors (Lipinski definition) is 3. The molecule has 0 saturated carbocycles. The van der Waals surface area contributed by atoms with Crippen LogP contribution in [0.2, 0.25) is 5.02 Å². The molecule has 1 amide bonds. The van der Waals surface area contributed by atoms with E-state index in [2.05, 4.69) is 21.2 Å². The van der Waals surface area contributed by atoms with Crippen molar-refractivity contribution in [2.75, 3.05) is 7.05 Å². The average molecular weight is 328 g/mol. The molecule has 0 unspecified atom stereocenters. The molecule has 0 bridgehead atoms. The average Bonchev–Trinajstić information content (AvgIpc) is 2.18. The van der Waals surface area contributed by atoms with Gasteiger partial charge in [0.25, 0.3) is 5.91 Å². The molecule has 5 nitrogen and oxygen atoms in total. The molecule has 0 aliphatic heterocycles. The number of benzene rings is 1. The van der Waals surface area contributed by atoms with Crippen molar-refractivity contribution in [1.29, 1.82) is 0 Å². The fourth-order valence-electron chi connectivity index (χ4n) is 1.07. The summed E-state index contributed by atoms with van der Waals surface area (Å²) in [6, 6.07) is 2.65. The normalized spacial score (nSPS) is 11.2. The van der Waals surface area contributed by atoms with E-state index in [1.807, 2.05) is 0 Å². The van der Waals surface area contributed by atoms with Crippen molar-refractivity contribution in [3.63, 3.8) is 0 Å². The van der Waals surface area contributed by atoms with Crippen LogP contribution in [-0.2, 0) is 10.0 Å². The van der Waals surface area contributed by atoms with Crippen molar-refractivity contribution >= 4 is 43.5 Å². The molecule has 8 heteroatoms. The second-order valence-electron chi connectivity index (χ2n) is 2.89. The maximum Gasteiger partial charge on any atom is 0.252 e. The maximum atomic E-state index is 11.4. The Balaban J connectivity index is 3.56. The number of sulfonamides is 1. The van der Waals surface area contributed by atoms with E-state index in [1.54, 1.807) is 0 Å². The van der Waals surface area contributed by atoms with Gasteiger partial charge in [0.1, 0.15) is 4.90 Å². The summed E-state index contributed by atoms with van der Waals surface area (Å²) in [5.41, 5.74) is 0.0440. The number of nitrogens with one attached hydrogen (secondary N) is 1. The van der Waals surface area contributed by atoms with Crippen molar-refractivity contribution in [3.8, 4) is 0 Å². The molecule has 1 aromatic rings. The first kappa shape index (κ1) is 13.4. The highest BCUT2D eigenvalue weighted by Gasteiger charge is 2.20. The minimum atomic E-state index is -3.96. The molecular formula is C8H8BrClN2O3S. The van der Waals surface area contributed by atoms with Crippen LogP contribution in [0.25, 0.3) is 0 Å². The molecule has 16 heavy (non-hydrogen) atoms. The van der Waals surface area contributed by atoms with Crippen molar-refractivity contribution in [2.24, 2.45) is 5.14 Å². The topological polar surface area (TPSA) is 89.3 Å². The minimum Gasteiger partial charge on any atom is -0.355 e. The molecule has 0 aliphatic carbocycles. The Bertz CT molecular complexity index is 544. The van der Waals surface area contributed by atoms with Crippen LogP contribution in [0.1, 0.15) is 10.4 Å². The largest absolute Gasteiger partial charge is 0.355 e. The Morgan fingerprint density at radius 1 is 1.50 bits per heavy atom. The number of nitrogens with two attached hydrogens (primary N) is 1. The van der Waals surface area contributed by atoms with Gasteiger partial charge < -0.3 is 5.32 Å². The lowest BCUT2D eigenvalue weighted by Crippen LogP contribution is -2.20. The minimum absolute atomic E-state index is 0.0440. The molecule has 0 radical (unpaired) electrons. The first-order valence-corrected chi connectivity index (χ1v) is 6.73. The van der Waals surface area contributed by atoms with Crippen LogP contribution in [0.3, 0.4) is 0 Å². The molecule has 1 aromatic carbocycles. The van der Waals surface area contributed by atoms with Crippen LogP contribution < -0.4 is 10.5 Å². The number of rotatable bonds is 2. The SMILES string of the molecule is CNC(=O)c1cc(Br)cc(S(N)(=O)=O)c1Cl. The zero-order chi connectivity index (χ0) is 12.5. The van der Waals surface area contributed by atoms with Gasteiger partial charge in [-0.2, -0.15) is 0 Å². The summed E-state index contributed by atoms with van der Waals surface area (Å²) < 4.78 is 22.8. The first-order chi connectivity index (χ1) is 7.27. The highest BCUT2D eigenvalue weighted by atomic mass is 79.9. The van der Waals surface area contributed by atoms with Gasteiger partial charge in [-0.1, -0.05) is 27.5 Å². The van der Waals surface area contributed by atoms with Gasteiger partial charge in [0, 0.05) is 11.5 Å². The van der Waals surface area contributed by atoms with E-state index in [1.165, 1.54) is 19.2 Å². The lowest BCUT2D eigenvalue weighted by Gasteiger charge is -2.08. The number of carbonyl (C=O) groups excluding carboxylic acids is 1. The molecule has 0 spiro atoms. The van der Waals surface area contributed by atoms with Gasteiger partial charge in [0.05, 0.1) is 10.6 Å². The standard InChI is InChI=1S/C8H8BrClN2O3S/c1-12-8(13)5-2-4(9)3-6(7(5)10)16(11,14)15/h2-3H,1H3,(H,12,13)(H2,11,14,15). The molecule has 88 valence electrons. The third kappa shape index (κ3) is 2.73. The zero-order valence-electron chi connectivity index (χ0n) is 8.12. The van der Waals surface area contributed by atoms with Crippen LogP contribution in [0.4, 0.5) is 0 Å². The van der Waals surface area contributed by atoms with E-state index in [9.17, 15) is 13.2 Å². The van der Waals surface area contributed by atoms with Gasteiger partial charge in [0.15, 0.2) is 0 Å². The lowest BCUT2D eigenvalue weighted by molar-refractivity contribution is 0.0963. The summed E-state index contributed by atoms with van der Waals surface area (Å²) in [7, 11) is -2.55. The van der Waals surface area contributed by atoms with Gasteiger partial charge in [-0.05, 0) is 12.1 Å². The number of amides is 1. The Hall–Kier alpha value is -0.630. The number of primary sulfonamides is 1. The molecule has 0 heterocycles. The third-order valence-electron chi connectivity index (χ3n) is 1.78. The Labute approximate surface area is 106 Å². The number of carbonyl (C=O) groups is 1. The second-order valence-corrected chi connectivity index (χ2v) is 5.71. The van der Waals surface area contributed by atoms with Crippen LogP contribution in [0.15, 0.2) is 21.5 Å². The predicted octanol–water partition coefficient (Wildman–Crippen LogP) is 1.11. The Morgan fingerprint density at radius 3 is 2.50 bits per heavy atom. The highest BCUT2D eigenvalue weighted by Crippen LogP contribution is 2.28. The Kier molecular flexibility index (Phi) is 3.95. The number of hydrogen-bond donors (Lipinski definition) is 2. The van der Waals surface area contributed by atoms with E-state index < -0.39 is 15.9 Å². The summed E-state index contributed by atoms with van der Waals surface area (Å²) >= 11 is 8.88. The number of halogens is 2. The first-order valence-electron chi connectivity index (χ1n) is 4.01. The smallest absolute Gasteiger partial charge is 0.252 e. The third-order valence-corrected chi connectivity index (χ3v) is 3.69. The second kappa shape index (κ2) is 4.70. The molecule has 0 saturated heterocycles. The van der Waals surface area contributed by atoms with Gasteiger partial charge in [-0.15, -0.1) is 0 Å². The maximum absolute atomic E-state index is 11.4. The summed E-state index contributed by atoms with van der Waals surface area (Å²) in [5.74, 6) is -0.490. The predicted molar refractivity (Wildman–Crippen MR) is 63.9 cm³/mol. The molecule has 1 rings (SSSR count). The molecule has 0 atom stereocenters. The van der Waals surface area contributed by atoms with E-state index in [4.69, 9.17) is 16.7 Å². The summed E-state index contributed by atoms with van der Waals surface area (Å²) in [6.07, 6.45) is 0. The molecule has 0 aliphatic rings. The molecule has 0 aromatic heterocycles. The van der Waals surface area contributed by atoms with Crippen LogP contribution in [0.5, 0.6) is 0 Å². The van der Waals surface area contributed by atoms with Crippen LogP contribution in [0, 0.1) is 0 Å². The molecular weight excluding hydrogens is 320 g/mol. The van der Waals surface area contributed by atoms with Gasteiger partial charge in [-0.3, -0.25) is 4.79 Å². The molecule has 3 N–H and O–H groups in total. The summed E-state index contributed by atoms with van der Waals surface area (Å²) in [4.78, 5) is 11.1. The highest BCUT2D eigenvalue weighted by molar-refractivity contribution is 9.10. The quantitative estimate of drug-likeness (QED) is 0.852. The van der Waals surface area contributed by atoms with E-state index >= 15 is 0 Å². The van der Waals surface area contributed by atoms with Crippen molar-refractivity contribution in [3.05, 3.63) is 27.2 Å². The van der Waals surface area contributed by atoms with E-state index in [0.29, 0.717) is 4.47 Å². The summed E-state index contributed by atoms with van der Waals surface area (Å²) in [6.45, 7) is 0. The summed E-state index contributed by atoms with van der Waals surface area (Å²) in [5, 5.41) is 7.13. The monoisotopic (exact) mass is 326 g/mol. The van der Waals surface area contributed by atoms with Gasteiger partial charge in [0.2, 0.25) is 10.0 Å². The van der Waals surface area contributed by atoms with Crippen molar-refractivity contribution in [1.82, 2.24) is 5.32 Å². The Morgan fingerprint density at radius 2 is 2.06 bits per heavy atom. The van der Waals surface area contributed by atoms with Gasteiger partial charge in [-0.25, -0.2) is 13.6 Å². The lowest BCUT2D eigenvalue weighted by atomic mass is 10.2. The van der Waals surface area contributed by atoms with E-state index in [-0.39, 0.29) is 15.5 Å². The molecule has 0 fully saturated rings. The van der Waals surface area contributed by atoms with Crippen molar-refractivity contribution in [2.45, 2.75) is 4.90 Å². The zero-order valence-corrected chi connectivity index (χ0v) is 11.3. The van der Waals surface area contributed by atoms with Crippen molar-refractivity contribution < 1.29 is 13.2 Å².